The van der Waals surface area contributed by atoms with Gasteiger partial charge < -0.3 is 29.2 Å². The number of carbonyl (C=O) groups is 1. The monoisotopic (exact) mass is 427 g/mol. The van der Waals surface area contributed by atoms with Gasteiger partial charge in [-0.3, -0.25) is 0 Å². The minimum absolute atomic E-state index is 0.180. The number of aliphatic hydroxyl groups excluding tert-OH is 1. The number of alkyl carbamates (subject to hydrolysis) is 1. The second kappa shape index (κ2) is 7.03. The molecule has 7 nitrogen and oxygen atoms in total. The molecular weight excluding hydrogens is 405 g/mol. The number of ether oxygens (including phenoxy) is 2. The van der Waals surface area contributed by atoms with Crippen molar-refractivity contribution in [2.45, 2.75) is 45.0 Å². The molecule has 142 valence electrons. The number of halogens is 1. The molecule has 0 spiro atoms. The van der Waals surface area contributed by atoms with E-state index < -0.39 is 30.5 Å². The first kappa shape index (κ1) is 19.5. The fraction of sp³-hybridized carbons (Fsp3) is 0.588. The largest absolute Gasteiger partial charge is 0.497 e. The Morgan fingerprint density at radius 3 is 2.92 bits per heavy atom. The molecule has 0 aromatic carbocycles. The SMILES string of the molecule is CC(C)(C)OC(=O)NCC1OB2OC(C)(CO)C3=C2C(=C1Br)C=COC3. The van der Waals surface area contributed by atoms with Crippen LogP contribution in [0.5, 0.6) is 0 Å². The molecule has 2 unspecified atom stereocenters. The molecule has 0 fully saturated rings. The molecule has 2 N–H and O–H groups in total. The summed E-state index contributed by atoms with van der Waals surface area (Å²) in [6, 6.07) is 0. The highest BCUT2D eigenvalue weighted by Gasteiger charge is 2.52. The molecule has 0 aromatic heterocycles. The maximum Gasteiger partial charge on any atom is 0.495 e. The van der Waals surface area contributed by atoms with Crippen LogP contribution in [0.15, 0.2) is 33.4 Å². The summed E-state index contributed by atoms with van der Waals surface area (Å²) >= 11 is 3.59. The van der Waals surface area contributed by atoms with Gasteiger partial charge in [0.15, 0.2) is 0 Å². The maximum absolute atomic E-state index is 11.9. The zero-order valence-electron chi connectivity index (χ0n) is 15.3. The van der Waals surface area contributed by atoms with Gasteiger partial charge in [-0.15, -0.1) is 0 Å². The van der Waals surface area contributed by atoms with Crippen molar-refractivity contribution >= 4 is 29.1 Å². The molecule has 3 aliphatic heterocycles. The van der Waals surface area contributed by atoms with Crippen molar-refractivity contribution in [3.8, 4) is 0 Å². The first-order chi connectivity index (χ1) is 12.1. The highest BCUT2D eigenvalue weighted by molar-refractivity contribution is 9.11. The smallest absolute Gasteiger partial charge is 0.495 e. The Kier molecular flexibility index (Phi) is 5.27. The van der Waals surface area contributed by atoms with Crippen molar-refractivity contribution in [3.05, 3.63) is 33.4 Å². The quantitative estimate of drug-likeness (QED) is 0.671. The summed E-state index contributed by atoms with van der Waals surface area (Å²) in [5.74, 6) is 0. The minimum Gasteiger partial charge on any atom is -0.497 e. The summed E-state index contributed by atoms with van der Waals surface area (Å²) in [5.41, 5.74) is 1.19. The molecule has 26 heavy (non-hydrogen) atoms. The van der Waals surface area contributed by atoms with Crippen LogP contribution >= 0.6 is 15.9 Å². The predicted molar refractivity (Wildman–Crippen MR) is 99.5 cm³/mol. The average Bonchev–Trinajstić information content (AvgIpc) is 2.71. The molecule has 3 rings (SSSR count). The summed E-state index contributed by atoms with van der Waals surface area (Å²) in [7, 11) is -0.629. The molecule has 2 atom stereocenters. The second-order valence-corrected chi connectivity index (χ2v) is 8.47. The van der Waals surface area contributed by atoms with Crippen LogP contribution in [-0.2, 0) is 18.8 Å². The van der Waals surface area contributed by atoms with Gasteiger partial charge in [0.05, 0.1) is 31.1 Å². The lowest BCUT2D eigenvalue weighted by molar-refractivity contribution is 0.0272. The van der Waals surface area contributed by atoms with E-state index in [-0.39, 0.29) is 13.2 Å². The summed E-state index contributed by atoms with van der Waals surface area (Å²) in [6.07, 6.45) is 2.50. The molecule has 0 saturated heterocycles. The predicted octanol–water partition coefficient (Wildman–Crippen LogP) is 2.21. The second-order valence-electron chi connectivity index (χ2n) is 7.61. The highest BCUT2D eigenvalue weighted by atomic mass is 79.9. The van der Waals surface area contributed by atoms with E-state index in [0.29, 0.717) is 6.61 Å². The van der Waals surface area contributed by atoms with Crippen molar-refractivity contribution in [1.82, 2.24) is 5.32 Å². The van der Waals surface area contributed by atoms with E-state index in [1.54, 1.807) is 27.0 Å². The average molecular weight is 428 g/mol. The van der Waals surface area contributed by atoms with Crippen molar-refractivity contribution < 1.29 is 28.7 Å². The van der Waals surface area contributed by atoms with Gasteiger partial charge in [0, 0.05) is 4.48 Å². The third kappa shape index (κ3) is 3.71. The van der Waals surface area contributed by atoms with Crippen LogP contribution in [-0.4, -0.2) is 55.4 Å². The molecule has 0 aliphatic carbocycles. The fourth-order valence-corrected chi connectivity index (χ4v) is 3.71. The van der Waals surface area contributed by atoms with Crippen LogP contribution < -0.4 is 5.32 Å². The minimum atomic E-state index is -0.863. The van der Waals surface area contributed by atoms with E-state index in [2.05, 4.69) is 21.2 Å². The number of rotatable bonds is 3. The van der Waals surface area contributed by atoms with Gasteiger partial charge in [0.2, 0.25) is 0 Å². The van der Waals surface area contributed by atoms with Gasteiger partial charge in [0.25, 0.3) is 0 Å². The lowest BCUT2D eigenvalue weighted by atomic mass is 9.70. The molecule has 0 radical (unpaired) electrons. The summed E-state index contributed by atoms with van der Waals surface area (Å²) in [6.45, 7) is 7.58. The Morgan fingerprint density at radius 1 is 1.54 bits per heavy atom. The zero-order chi connectivity index (χ0) is 19.1. The highest BCUT2D eigenvalue weighted by Crippen LogP contribution is 2.45. The molecule has 0 bridgehead atoms. The molecule has 3 heterocycles. The Labute approximate surface area is 161 Å². The number of allylic oxidation sites excluding steroid dienone is 3. The van der Waals surface area contributed by atoms with Gasteiger partial charge in [0.1, 0.15) is 12.2 Å². The van der Waals surface area contributed by atoms with Crippen molar-refractivity contribution in [2.24, 2.45) is 0 Å². The third-order valence-corrected chi connectivity index (χ3v) is 5.31. The normalized spacial score (nSPS) is 27.9. The van der Waals surface area contributed by atoms with Crippen LogP contribution in [0.4, 0.5) is 4.79 Å². The number of nitrogens with one attached hydrogen (secondary N) is 1. The van der Waals surface area contributed by atoms with Gasteiger partial charge in [-0.25, -0.2) is 4.79 Å². The lowest BCUT2D eigenvalue weighted by Crippen LogP contribution is -2.44. The zero-order valence-corrected chi connectivity index (χ0v) is 16.9. The third-order valence-electron chi connectivity index (χ3n) is 4.38. The molecule has 0 aromatic rings. The number of hydrogen-bond donors (Lipinski definition) is 2. The van der Waals surface area contributed by atoms with E-state index in [0.717, 1.165) is 21.1 Å². The molecular formula is C17H23BBrNO6. The van der Waals surface area contributed by atoms with Gasteiger partial charge in [-0.2, -0.15) is 0 Å². The number of carbonyl (C=O) groups excluding carboxylic acids is 1. The topological polar surface area (TPSA) is 86.3 Å². The van der Waals surface area contributed by atoms with Gasteiger partial charge in [-0.05, 0) is 50.4 Å². The van der Waals surface area contributed by atoms with Crippen molar-refractivity contribution in [2.75, 3.05) is 19.8 Å². The molecule has 1 amide bonds. The van der Waals surface area contributed by atoms with E-state index in [4.69, 9.17) is 18.8 Å². The summed E-state index contributed by atoms with van der Waals surface area (Å²) < 4.78 is 23.6. The maximum atomic E-state index is 11.9. The van der Waals surface area contributed by atoms with E-state index in [1.165, 1.54) is 0 Å². The Morgan fingerprint density at radius 2 is 2.27 bits per heavy atom. The van der Waals surface area contributed by atoms with Crippen LogP contribution in [0, 0.1) is 0 Å². The standard InChI is InChI=1S/C17H23BBrNO6/c1-16(2,3)24-15(22)20-7-12-14(19)10-5-6-23-8-11-13(10)18(25-12)26-17(11,4)9-21/h5-6,12,21H,7-9H2,1-4H3,(H,20,22). The van der Waals surface area contributed by atoms with E-state index >= 15 is 0 Å². The van der Waals surface area contributed by atoms with Crippen molar-refractivity contribution in [3.63, 3.8) is 0 Å². The Hall–Kier alpha value is -1.29. The fourth-order valence-electron chi connectivity index (χ4n) is 3.10. The Balaban J connectivity index is 1.82. The van der Waals surface area contributed by atoms with Crippen LogP contribution in [0.2, 0.25) is 0 Å². The number of hydrogen-bond acceptors (Lipinski definition) is 6. The van der Waals surface area contributed by atoms with Crippen LogP contribution in [0.3, 0.4) is 0 Å². The van der Waals surface area contributed by atoms with Gasteiger partial charge in [-0.1, -0.05) is 15.9 Å². The number of amides is 1. The van der Waals surface area contributed by atoms with E-state index in [9.17, 15) is 9.90 Å². The van der Waals surface area contributed by atoms with Crippen LogP contribution in [0.1, 0.15) is 27.7 Å². The molecule has 3 aliphatic rings. The lowest BCUT2D eigenvalue weighted by Gasteiger charge is -2.30. The van der Waals surface area contributed by atoms with Crippen molar-refractivity contribution in [1.29, 1.82) is 0 Å². The Bertz CT molecular complexity index is 698. The first-order valence-electron chi connectivity index (χ1n) is 8.47. The first-order valence-corrected chi connectivity index (χ1v) is 9.26. The van der Waals surface area contributed by atoms with E-state index in [1.807, 2.05) is 13.0 Å². The van der Waals surface area contributed by atoms with Gasteiger partial charge >= 0.3 is 13.2 Å². The molecule has 0 saturated carbocycles. The summed E-state index contributed by atoms with van der Waals surface area (Å²) in [5, 5.41) is 12.5. The number of aliphatic hydroxyl groups is 1. The molecule has 9 heteroatoms. The van der Waals surface area contributed by atoms with Crippen LogP contribution in [0.25, 0.3) is 0 Å². The summed E-state index contributed by atoms with van der Waals surface area (Å²) in [4.78, 5) is 11.9.